The molecule has 0 spiro atoms. The van der Waals surface area contributed by atoms with Crippen molar-refractivity contribution in [3.8, 4) is 17.2 Å². The third-order valence-electron chi connectivity index (χ3n) is 2.84. The number of nitrogens with zero attached hydrogens (tertiary/aromatic N) is 2. The molecule has 1 N–H and O–H groups in total. The van der Waals surface area contributed by atoms with Crippen molar-refractivity contribution in [3.63, 3.8) is 0 Å². The fraction of sp³-hybridized carbons (Fsp3) is 0.429. The fourth-order valence-electron chi connectivity index (χ4n) is 1.91. The molecule has 0 bridgehead atoms. The van der Waals surface area contributed by atoms with Crippen LogP contribution in [-0.4, -0.2) is 21.9 Å². The van der Waals surface area contributed by atoms with E-state index in [1.54, 1.807) is 0 Å². The zero-order chi connectivity index (χ0) is 14.5. The van der Waals surface area contributed by atoms with Crippen molar-refractivity contribution < 1.29 is 18.8 Å². The minimum atomic E-state index is -0.524. The standard InChI is InChI=1S/C14H17FN2O3/c1-3-5-12(19-4-2)13-16-14(20-17-13)10-7-6-9(15)8-11(10)18/h6-8,12,18H,3-5H2,1-2H3. The highest BCUT2D eigenvalue weighted by atomic mass is 19.1. The minimum absolute atomic E-state index is 0.151. The molecule has 0 fully saturated rings. The number of aromatic hydroxyl groups is 1. The van der Waals surface area contributed by atoms with Gasteiger partial charge in [0.15, 0.2) is 0 Å². The number of phenols is 1. The molecule has 0 radical (unpaired) electrons. The lowest BCUT2D eigenvalue weighted by molar-refractivity contribution is 0.0478. The van der Waals surface area contributed by atoms with Crippen molar-refractivity contribution in [2.45, 2.75) is 32.8 Å². The number of halogens is 1. The van der Waals surface area contributed by atoms with Crippen LogP contribution < -0.4 is 0 Å². The quantitative estimate of drug-likeness (QED) is 0.877. The van der Waals surface area contributed by atoms with E-state index >= 15 is 0 Å². The maximum absolute atomic E-state index is 13.0. The number of hydrogen-bond donors (Lipinski definition) is 1. The summed E-state index contributed by atoms with van der Waals surface area (Å²) in [6, 6.07) is 3.63. The van der Waals surface area contributed by atoms with E-state index in [-0.39, 0.29) is 17.7 Å². The van der Waals surface area contributed by atoms with Crippen LogP contribution in [0, 0.1) is 5.82 Å². The monoisotopic (exact) mass is 280 g/mol. The first-order valence-corrected chi connectivity index (χ1v) is 6.59. The Morgan fingerprint density at radius 3 is 2.85 bits per heavy atom. The largest absolute Gasteiger partial charge is 0.507 e. The highest BCUT2D eigenvalue weighted by molar-refractivity contribution is 5.61. The fourth-order valence-corrected chi connectivity index (χ4v) is 1.91. The topological polar surface area (TPSA) is 68.4 Å². The van der Waals surface area contributed by atoms with E-state index < -0.39 is 5.82 Å². The normalized spacial score (nSPS) is 12.6. The van der Waals surface area contributed by atoms with Gasteiger partial charge in [-0.3, -0.25) is 0 Å². The molecule has 6 heteroatoms. The summed E-state index contributed by atoms with van der Waals surface area (Å²) in [4.78, 5) is 4.22. The molecular formula is C14H17FN2O3. The van der Waals surface area contributed by atoms with Crippen LogP contribution in [0.25, 0.3) is 11.5 Å². The van der Waals surface area contributed by atoms with Gasteiger partial charge in [-0.15, -0.1) is 0 Å². The molecule has 0 saturated carbocycles. The molecule has 0 aliphatic heterocycles. The minimum Gasteiger partial charge on any atom is -0.507 e. The number of phenolic OH excluding ortho intramolecular Hbond substituents is 1. The van der Waals surface area contributed by atoms with E-state index in [1.807, 2.05) is 13.8 Å². The van der Waals surface area contributed by atoms with Crippen LogP contribution in [0.4, 0.5) is 4.39 Å². The van der Waals surface area contributed by atoms with Crippen LogP contribution in [-0.2, 0) is 4.74 Å². The summed E-state index contributed by atoms with van der Waals surface area (Å²) >= 11 is 0. The van der Waals surface area contributed by atoms with Gasteiger partial charge in [-0.25, -0.2) is 4.39 Å². The van der Waals surface area contributed by atoms with Crippen molar-refractivity contribution in [1.82, 2.24) is 10.1 Å². The zero-order valence-corrected chi connectivity index (χ0v) is 11.5. The van der Waals surface area contributed by atoms with Crippen LogP contribution >= 0.6 is 0 Å². The lowest BCUT2D eigenvalue weighted by Crippen LogP contribution is -2.05. The Balaban J connectivity index is 2.27. The Kier molecular flexibility index (Phi) is 4.68. The first-order valence-electron chi connectivity index (χ1n) is 6.59. The van der Waals surface area contributed by atoms with Gasteiger partial charge in [-0.1, -0.05) is 18.5 Å². The zero-order valence-electron chi connectivity index (χ0n) is 11.5. The first-order chi connectivity index (χ1) is 9.65. The van der Waals surface area contributed by atoms with Gasteiger partial charge in [0.1, 0.15) is 17.7 Å². The highest BCUT2D eigenvalue weighted by Gasteiger charge is 2.20. The predicted molar refractivity (Wildman–Crippen MR) is 70.6 cm³/mol. The second kappa shape index (κ2) is 6.47. The molecule has 1 aromatic carbocycles. The molecule has 1 aromatic heterocycles. The lowest BCUT2D eigenvalue weighted by atomic mass is 10.2. The molecule has 2 rings (SSSR count). The van der Waals surface area contributed by atoms with Crippen LogP contribution in [0.2, 0.25) is 0 Å². The van der Waals surface area contributed by atoms with Gasteiger partial charge >= 0.3 is 0 Å². The maximum atomic E-state index is 13.0. The van der Waals surface area contributed by atoms with Crippen molar-refractivity contribution in [1.29, 1.82) is 0 Å². The molecule has 0 aliphatic rings. The second-order valence-corrected chi connectivity index (χ2v) is 4.35. The van der Waals surface area contributed by atoms with Gasteiger partial charge in [0, 0.05) is 12.7 Å². The lowest BCUT2D eigenvalue weighted by Gasteiger charge is -2.11. The third-order valence-corrected chi connectivity index (χ3v) is 2.84. The van der Waals surface area contributed by atoms with E-state index in [0.717, 1.165) is 18.9 Å². The van der Waals surface area contributed by atoms with Gasteiger partial charge in [-0.05, 0) is 25.5 Å². The van der Waals surface area contributed by atoms with E-state index in [2.05, 4.69) is 10.1 Å². The van der Waals surface area contributed by atoms with Gasteiger partial charge < -0.3 is 14.4 Å². The molecule has 5 nitrogen and oxygen atoms in total. The molecule has 2 aromatic rings. The Morgan fingerprint density at radius 2 is 2.20 bits per heavy atom. The van der Waals surface area contributed by atoms with Crippen LogP contribution in [0.5, 0.6) is 5.75 Å². The predicted octanol–water partition coefficient (Wildman–Crippen LogP) is 3.46. The van der Waals surface area contributed by atoms with Crippen LogP contribution in [0.15, 0.2) is 22.7 Å². The molecule has 1 heterocycles. The van der Waals surface area contributed by atoms with Gasteiger partial charge in [0.2, 0.25) is 5.82 Å². The summed E-state index contributed by atoms with van der Waals surface area (Å²) < 4.78 is 23.6. The van der Waals surface area contributed by atoms with E-state index in [0.29, 0.717) is 18.0 Å². The van der Waals surface area contributed by atoms with Gasteiger partial charge in [0.05, 0.1) is 5.56 Å². The summed E-state index contributed by atoms with van der Waals surface area (Å²) in [5.74, 6) is -0.168. The summed E-state index contributed by atoms with van der Waals surface area (Å²) in [5.41, 5.74) is 0.303. The molecule has 0 aliphatic carbocycles. The first kappa shape index (κ1) is 14.5. The molecule has 0 amide bonds. The second-order valence-electron chi connectivity index (χ2n) is 4.35. The molecule has 20 heavy (non-hydrogen) atoms. The maximum Gasteiger partial charge on any atom is 0.261 e. The smallest absolute Gasteiger partial charge is 0.261 e. The summed E-state index contributed by atoms with van der Waals surface area (Å²) in [7, 11) is 0. The Hall–Kier alpha value is -1.95. The highest BCUT2D eigenvalue weighted by Crippen LogP contribution is 2.30. The van der Waals surface area contributed by atoms with Crippen molar-refractivity contribution in [2.24, 2.45) is 0 Å². The van der Waals surface area contributed by atoms with Crippen molar-refractivity contribution in [3.05, 3.63) is 29.8 Å². The van der Waals surface area contributed by atoms with Crippen molar-refractivity contribution >= 4 is 0 Å². The Bertz CT molecular complexity index is 565. The molecule has 0 saturated heterocycles. The van der Waals surface area contributed by atoms with Gasteiger partial charge in [-0.2, -0.15) is 4.98 Å². The molecule has 1 unspecified atom stereocenters. The number of ether oxygens (including phenoxy) is 1. The number of aromatic nitrogens is 2. The SMILES string of the molecule is CCCC(OCC)c1noc(-c2ccc(F)cc2O)n1. The Morgan fingerprint density at radius 1 is 1.40 bits per heavy atom. The molecular weight excluding hydrogens is 263 g/mol. The van der Waals surface area contributed by atoms with Crippen molar-refractivity contribution in [2.75, 3.05) is 6.61 Å². The molecule has 1 atom stereocenters. The van der Waals surface area contributed by atoms with E-state index in [4.69, 9.17) is 9.26 Å². The summed E-state index contributed by atoms with van der Waals surface area (Å²) in [6.45, 7) is 4.49. The third kappa shape index (κ3) is 3.14. The summed E-state index contributed by atoms with van der Waals surface area (Å²) in [6.07, 6.45) is 1.48. The van der Waals surface area contributed by atoms with Crippen LogP contribution in [0.3, 0.4) is 0 Å². The summed E-state index contributed by atoms with van der Waals surface area (Å²) in [5, 5.41) is 13.6. The van der Waals surface area contributed by atoms with E-state index in [1.165, 1.54) is 12.1 Å². The van der Waals surface area contributed by atoms with Gasteiger partial charge in [0.25, 0.3) is 5.89 Å². The Labute approximate surface area is 116 Å². The van der Waals surface area contributed by atoms with Crippen LogP contribution in [0.1, 0.15) is 38.6 Å². The number of benzene rings is 1. The number of hydrogen-bond acceptors (Lipinski definition) is 5. The average molecular weight is 280 g/mol. The average Bonchev–Trinajstić information content (AvgIpc) is 2.88. The molecule has 108 valence electrons. The number of rotatable bonds is 6. The van der Waals surface area contributed by atoms with E-state index in [9.17, 15) is 9.50 Å².